The standard InChI is InChI=1S/C20H18FIN4OS.ClH/c21-15-6-13(22)3-4-16(15)25-19-17(14-2-1-5-24-18(14)28-19)20(27)26-9-11-7-23-8-12(11)10-26;/h1-6,11-12,23,25H,7-10H2;1H. The van der Waals surface area contributed by atoms with Crippen LogP contribution in [0.3, 0.4) is 0 Å². The van der Waals surface area contributed by atoms with E-state index >= 15 is 0 Å². The van der Waals surface area contributed by atoms with E-state index in [1.165, 1.54) is 17.4 Å². The number of aromatic nitrogens is 1. The van der Waals surface area contributed by atoms with Crippen LogP contribution in [0, 0.1) is 21.2 Å². The molecule has 29 heavy (non-hydrogen) atoms. The Hall–Kier alpha value is -1.49. The lowest BCUT2D eigenvalue weighted by Gasteiger charge is -2.18. The smallest absolute Gasteiger partial charge is 0.257 e. The zero-order valence-corrected chi connectivity index (χ0v) is 19.1. The van der Waals surface area contributed by atoms with Crippen LogP contribution >= 0.6 is 46.3 Å². The van der Waals surface area contributed by atoms with Gasteiger partial charge in [-0.2, -0.15) is 0 Å². The minimum atomic E-state index is -0.336. The van der Waals surface area contributed by atoms with E-state index in [1.54, 1.807) is 12.3 Å². The van der Waals surface area contributed by atoms with Crippen molar-refractivity contribution < 1.29 is 9.18 Å². The Morgan fingerprint density at radius 2 is 2.03 bits per heavy atom. The van der Waals surface area contributed by atoms with E-state index in [9.17, 15) is 9.18 Å². The maximum atomic E-state index is 14.4. The lowest BCUT2D eigenvalue weighted by Crippen LogP contribution is -2.32. The van der Waals surface area contributed by atoms with Gasteiger partial charge in [0.2, 0.25) is 0 Å². The molecule has 3 aromatic rings. The summed E-state index contributed by atoms with van der Waals surface area (Å²) in [5.74, 6) is 0.716. The summed E-state index contributed by atoms with van der Waals surface area (Å²) >= 11 is 3.47. The van der Waals surface area contributed by atoms with Gasteiger partial charge in [0.1, 0.15) is 15.6 Å². The SMILES string of the molecule is Cl.O=C(c1c(Nc2ccc(I)cc2F)sc2ncccc12)N1CC2CNCC2C1. The fourth-order valence-corrected chi connectivity index (χ4v) is 5.63. The van der Waals surface area contributed by atoms with Crippen LogP contribution in [0.1, 0.15) is 10.4 Å². The molecule has 2 atom stereocenters. The molecule has 0 radical (unpaired) electrons. The Labute approximate surface area is 191 Å². The predicted octanol–water partition coefficient (Wildman–Crippen LogP) is 4.50. The molecule has 2 aromatic heterocycles. The zero-order chi connectivity index (χ0) is 19.3. The van der Waals surface area contributed by atoms with Crippen molar-refractivity contribution in [1.29, 1.82) is 0 Å². The average Bonchev–Trinajstić information content (AvgIpc) is 3.36. The summed E-state index contributed by atoms with van der Waals surface area (Å²) in [7, 11) is 0. The van der Waals surface area contributed by atoms with Crippen LogP contribution in [0.5, 0.6) is 0 Å². The third-order valence-corrected chi connectivity index (χ3v) is 7.24. The molecule has 2 aliphatic rings. The maximum Gasteiger partial charge on any atom is 0.257 e. The highest BCUT2D eigenvalue weighted by molar-refractivity contribution is 14.1. The van der Waals surface area contributed by atoms with E-state index in [0.717, 1.165) is 40.0 Å². The van der Waals surface area contributed by atoms with E-state index in [4.69, 9.17) is 0 Å². The van der Waals surface area contributed by atoms with E-state index in [0.29, 0.717) is 28.1 Å². The van der Waals surface area contributed by atoms with Crippen LogP contribution in [-0.2, 0) is 0 Å². The van der Waals surface area contributed by atoms with Crippen molar-refractivity contribution in [3.63, 3.8) is 0 Å². The van der Waals surface area contributed by atoms with Crippen LogP contribution < -0.4 is 10.6 Å². The normalized spacial score (nSPS) is 20.6. The number of amides is 1. The summed E-state index contributed by atoms with van der Waals surface area (Å²) in [4.78, 5) is 20.6. The van der Waals surface area contributed by atoms with Gasteiger partial charge >= 0.3 is 0 Å². The summed E-state index contributed by atoms with van der Waals surface area (Å²) in [5.41, 5.74) is 0.961. The summed E-state index contributed by atoms with van der Waals surface area (Å²) in [6.45, 7) is 3.48. The van der Waals surface area contributed by atoms with Gasteiger partial charge in [0, 0.05) is 41.3 Å². The van der Waals surface area contributed by atoms with Gasteiger partial charge in [-0.25, -0.2) is 9.37 Å². The highest BCUT2D eigenvalue weighted by atomic mass is 127. The van der Waals surface area contributed by atoms with E-state index < -0.39 is 0 Å². The van der Waals surface area contributed by atoms with Crippen molar-refractivity contribution >= 4 is 73.1 Å². The third-order valence-electron chi connectivity index (χ3n) is 5.54. The molecular formula is C20H19ClFIN4OS. The van der Waals surface area contributed by atoms with Crippen LogP contribution in [0.2, 0.25) is 0 Å². The lowest BCUT2D eigenvalue weighted by molar-refractivity contribution is 0.0785. The number of thiophene rings is 1. The topological polar surface area (TPSA) is 57.3 Å². The van der Waals surface area contributed by atoms with Gasteiger partial charge in [0.25, 0.3) is 5.91 Å². The molecule has 1 amide bonds. The number of carbonyl (C=O) groups excluding carboxylic acids is 1. The Morgan fingerprint density at radius 1 is 1.28 bits per heavy atom. The lowest BCUT2D eigenvalue weighted by atomic mass is 10.0. The fraction of sp³-hybridized carbons (Fsp3) is 0.300. The van der Waals surface area contributed by atoms with Crippen molar-refractivity contribution in [2.75, 3.05) is 31.5 Å². The predicted molar refractivity (Wildman–Crippen MR) is 125 cm³/mol. The minimum Gasteiger partial charge on any atom is -0.344 e. The van der Waals surface area contributed by atoms with Crippen LogP contribution in [0.25, 0.3) is 10.2 Å². The molecule has 0 saturated carbocycles. The summed E-state index contributed by atoms with van der Waals surface area (Å²) in [5, 5.41) is 8.02. The first-order valence-electron chi connectivity index (χ1n) is 9.20. The molecule has 2 fully saturated rings. The molecule has 0 aliphatic carbocycles. The summed E-state index contributed by atoms with van der Waals surface area (Å²) < 4.78 is 15.2. The number of fused-ring (bicyclic) bond motifs is 2. The Morgan fingerprint density at radius 3 is 2.76 bits per heavy atom. The molecule has 5 nitrogen and oxygen atoms in total. The van der Waals surface area contributed by atoms with Crippen LogP contribution in [-0.4, -0.2) is 42.0 Å². The number of pyridine rings is 1. The van der Waals surface area contributed by atoms with E-state index in [1.807, 2.05) is 23.1 Å². The van der Waals surface area contributed by atoms with Gasteiger partial charge in [0.05, 0.1) is 11.3 Å². The number of nitrogens with zero attached hydrogens (tertiary/aromatic N) is 2. The fourth-order valence-electron chi connectivity index (χ4n) is 4.13. The molecule has 4 heterocycles. The number of rotatable bonds is 3. The first-order chi connectivity index (χ1) is 13.6. The number of benzene rings is 1. The van der Waals surface area contributed by atoms with Crippen LogP contribution in [0.4, 0.5) is 15.1 Å². The molecule has 1 aromatic carbocycles. The van der Waals surface area contributed by atoms with E-state index in [2.05, 4.69) is 38.2 Å². The molecule has 0 spiro atoms. The van der Waals surface area contributed by atoms with Gasteiger partial charge in [-0.15, -0.1) is 12.4 Å². The second-order valence-corrected chi connectivity index (χ2v) is 9.54. The Kier molecular flexibility index (Phi) is 5.97. The second-order valence-electron chi connectivity index (χ2n) is 7.30. The van der Waals surface area contributed by atoms with Crippen molar-refractivity contribution in [2.45, 2.75) is 0 Å². The quantitative estimate of drug-likeness (QED) is 0.477. The summed E-state index contributed by atoms with van der Waals surface area (Å²) in [6.07, 6.45) is 1.72. The minimum absolute atomic E-state index is 0. The van der Waals surface area contributed by atoms with Crippen molar-refractivity contribution in [1.82, 2.24) is 15.2 Å². The molecular weight excluding hydrogens is 526 g/mol. The molecule has 2 N–H and O–H groups in total. The maximum absolute atomic E-state index is 14.4. The summed E-state index contributed by atoms with van der Waals surface area (Å²) in [6, 6.07) is 8.77. The number of carbonyl (C=O) groups is 1. The number of hydrogen-bond acceptors (Lipinski definition) is 5. The van der Waals surface area contributed by atoms with Crippen LogP contribution in [0.15, 0.2) is 36.5 Å². The van der Waals surface area contributed by atoms with Crippen molar-refractivity contribution in [3.8, 4) is 0 Å². The van der Waals surface area contributed by atoms with Gasteiger partial charge < -0.3 is 15.5 Å². The number of likely N-dealkylation sites (tertiary alicyclic amines) is 1. The molecule has 2 aliphatic heterocycles. The van der Waals surface area contributed by atoms with E-state index in [-0.39, 0.29) is 24.1 Å². The van der Waals surface area contributed by atoms with Gasteiger partial charge in [0.15, 0.2) is 0 Å². The Balaban J connectivity index is 0.00000205. The van der Waals surface area contributed by atoms with Gasteiger partial charge in [-0.05, 0) is 64.8 Å². The number of nitrogens with one attached hydrogen (secondary N) is 2. The van der Waals surface area contributed by atoms with Gasteiger partial charge in [-0.1, -0.05) is 11.3 Å². The molecule has 2 unspecified atom stereocenters. The number of anilines is 2. The number of hydrogen-bond donors (Lipinski definition) is 2. The molecule has 5 rings (SSSR count). The molecule has 9 heteroatoms. The highest BCUT2D eigenvalue weighted by Gasteiger charge is 2.39. The van der Waals surface area contributed by atoms with Crippen molar-refractivity contribution in [2.24, 2.45) is 11.8 Å². The molecule has 152 valence electrons. The zero-order valence-electron chi connectivity index (χ0n) is 15.3. The first-order valence-corrected chi connectivity index (χ1v) is 11.1. The highest BCUT2D eigenvalue weighted by Crippen LogP contribution is 2.39. The number of halogens is 3. The Bertz CT molecular complexity index is 1070. The molecule has 0 bridgehead atoms. The monoisotopic (exact) mass is 544 g/mol. The second kappa shape index (κ2) is 8.33. The first kappa shape index (κ1) is 20.8. The third kappa shape index (κ3) is 3.83. The van der Waals surface area contributed by atoms with Gasteiger partial charge in [-0.3, -0.25) is 4.79 Å². The van der Waals surface area contributed by atoms with Crippen molar-refractivity contribution in [3.05, 3.63) is 51.5 Å². The average molecular weight is 545 g/mol. The molecule has 2 saturated heterocycles. The largest absolute Gasteiger partial charge is 0.344 e.